The maximum Gasteiger partial charge on any atom is 0.241 e. The lowest BCUT2D eigenvalue weighted by atomic mass is 9.89. The van der Waals surface area contributed by atoms with Crippen molar-refractivity contribution in [3.63, 3.8) is 0 Å². The van der Waals surface area contributed by atoms with Crippen molar-refractivity contribution >= 4 is 24.2 Å². The molecular weight excluding hydrogens is 354 g/mol. The van der Waals surface area contributed by atoms with Crippen molar-refractivity contribution < 1.29 is 14.3 Å². The van der Waals surface area contributed by atoms with Crippen LogP contribution in [0.5, 0.6) is 5.75 Å². The number of halogens is 1. The van der Waals surface area contributed by atoms with Gasteiger partial charge in [0.2, 0.25) is 11.8 Å². The Hall–Kier alpha value is -1.79. The number of likely N-dealkylation sites (tertiary alicyclic amines) is 1. The molecule has 146 valence electrons. The topological polar surface area (TPSA) is 84.7 Å². The molecule has 0 spiro atoms. The van der Waals surface area contributed by atoms with Crippen LogP contribution in [0.2, 0.25) is 0 Å². The summed E-state index contributed by atoms with van der Waals surface area (Å²) in [5.74, 6) is 1.05. The summed E-state index contributed by atoms with van der Waals surface area (Å²) < 4.78 is 5.19. The van der Waals surface area contributed by atoms with E-state index in [1.54, 1.807) is 7.11 Å². The minimum atomic E-state index is -0.575. The average Bonchev–Trinajstić information content (AvgIpc) is 2.65. The second kappa shape index (κ2) is 10.4. The van der Waals surface area contributed by atoms with Crippen molar-refractivity contribution in [2.24, 2.45) is 11.7 Å². The fourth-order valence-electron chi connectivity index (χ4n) is 3.03. The molecule has 1 aromatic carbocycles. The van der Waals surface area contributed by atoms with E-state index in [-0.39, 0.29) is 36.7 Å². The predicted molar refractivity (Wildman–Crippen MR) is 105 cm³/mol. The Morgan fingerprint density at radius 3 is 2.31 bits per heavy atom. The van der Waals surface area contributed by atoms with Gasteiger partial charge < -0.3 is 20.7 Å². The Morgan fingerprint density at radius 2 is 1.81 bits per heavy atom. The summed E-state index contributed by atoms with van der Waals surface area (Å²) in [4.78, 5) is 25.9. The van der Waals surface area contributed by atoms with E-state index in [1.807, 2.05) is 30.9 Å². The van der Waals surface area contributed by atoms with E-state index in [4.69, 9.17) is 10.5 Å². The molecule has 1 heterocycles. The van der Waals surface area contributed by atoms with Gasteiger partial charge >= 0.3 is 0 Å². The van der Waals surface area contributed by atoms with Gasteiger partial charge in [0, 0.05) is 13.1 Å². The Labute approximate surface area is 161 Å². The first kappa shape index (κ1) is 22.3. The number of nitrogens with one attached hydrogen (secondary N) is 1. The highest BCUT2D eigenvalue weighted by Gasteiger charge is 2.25. The lowest BCUT2D eigenvalue weighted by Crippen LogP contribution is -2.49. The van der Waals surface area contributed by atoms with E-state index >= 15 is 0 Å². The molecule has 1 saturated heterocycles. The summed E-state index contributed by atoms with van der Waals surface area (Å²) >= 11 is 0. The summed E-state index contributed by atoms with van der Waals surface area (Å²) in [6.45, 7) is 5.21. The third-order valence-corrected chi connectivity index (χ3v) is 4.87. The molecule has 0 unspecified atom stereocenters. The number of piperidine rings is 1. The zero-order valence-electron chi connectivity index (χ0n) is 15.7. The van der Waals surface area contributed by atoms with Gasteiger partial charge in [0.15, 0.2) is 0 Å². The third kappa shape index (κ3) is 5.88. The molecule has 6 nitrogen and oxygen atoms in total. The highest BCUT2D eigenvalue weighted by Crippen LogP contribution is 2.29. The Balaban J connectivity index is 0.00000338. The van der Waals surface area contributed by atoms with Crippen molar-refractivity contribution in [1.29, 1.82) is 0 Å². The van der Waals surface area contributed by atoms with Crippen LogP contribution in [-0.4, -0.2) is 49.5 Å². The van der Waals surface area contributed by atoms with Crippen LogP contribution in [0.25, 0.3) is 0 Å². The summed E-state index contributed by atoms with van der Waals surface area (Å²) in [5, 5.41) is 2.65. The molecule has 1 atom stereocenters. The van der Waals surface area contributed by atoms with E-state index < -0.39 is 6.04 Å². The number of nitrogens with zero attached hydrogens (tertiary/aromatic N) is 1. The monoisotopic (exact) mass is 383 g/mol. The van der Waals surface area contributed by atoms with Gasteiger partial charge in [0.1, 0.15) is 5.75 Å². The fourth-order valence-corrected chi connectivity index (χ4v) is 3.03. The van der Waals surface area contributed by atoms with Crippen LogP contribution in [0.3, 0.4) is 0 Å². The number of methoxy groups -OCH3 is 1. The molecule has 0 aromatic heterocycles. The van der Waals surface area contributed by atoms with Crippen LogP contribution in [0.15, 0.2) is 24.3 Å². The molecular formula is C19H30ClN3O3. The van der Waals surface area contributed by atoms with Crippen molar-refractivity contribution in [2.45, 2.75) is 38.6 Å². The molecule has 3 N–H and O–H groups in total. The van der Waals surface area contributed by atoms with Crippen molar-refractivity contribution in [3.8, 4) is 5.75 Å². The minimum absolute atomic E-state index is 0. The van der Waals surface area contributed by atoms with Gasteiger partial charge in [-0.3, -0.25) is 9.59 Å². The number of carbonyl (C=O) groups excluding carboxylic acids is 2. The van der Waals surface area contributed by atoms with E-state index in [2.05, 4.69) is 17.4 Å². The zero-order valence-corrected chi connectivity index (χ0v) is 16.6. The van der Waals surface area contributed by atoms with Crippen LogP contribution < -0.4 is 15.8 Å². The molecule has 2 rings (SSSR count). The van der Waals surface area contributed by atoms with E-state index in [9.17, 15) is 9.59 Å². The smallest absolute Gasteiger partial charge is 0.241 e. The van der Waals surface area contributed by atoms with Crippen LogP contribution >= 0.6 is 12.4 Å². The number of amides is 2. The van der Waals surface area contributed by atoms with E-state index in [1.165, 1.54) is 5.56 Å². The molecule has 1 aromatic rings. The number of hydrogen-bond acceptors (Lipinski definition) is 4. The highest BCUT2D eigenvalue weighted by atomic mass is 35.5. The molecule has 26 heavy (non-hydrogen) atoms. The normalized spacial score (nSPS) is 16.0. The molecule has 0 bridgehead atoms. The second-order valence-electron chi connectivity index (χ2n) is 6.92. The number of benzene rings is 1. The Morgan fingerprint density at radius 1 is 1.23 bits per heavy atom. The van der Waals surface area contributed by atoms with Gasteiger partial charge in [0.25, 0.3) is 0 Å². The quantitative estimate of drug-likeness (QED) is 0.786. The first-order chi connectivity index (χ1) is 11.9. The second-order valence-corrected chi connectivity index (χ2v) is 6.92. The van der Waals surface area contributed by atoms with Crippen molar-refractivity contribution in [2.75, 3.05) is 26.7 Å². The lowest BCUT2D eigenvalue weighted by molar-refractivity contribution is -0.134. The van der Waals surface area contributed by atoms with Gasteiger partial charge in [-0.05, 0) is 42.4 Å². The van der Waals surface area contributed by atoms with Gasteiger partial charge in [-0.15, -0.1) is 12.4 Å². The fraction of sp³-hybridized carbons (Fsp3) is 0.579. The largest absolute Gasteiger partial charge is 0.497 e. The van der Waals surface area contributed by atoms with Gasteiger partial charge in [0.05, 0.1) is 19.7 Å². The van der Waals surface area contributed by atoms with Crippen LogP contribution in [0.4, 0.5) is 0 Å². The van der Waals surface area contributed by atoms with Crippen molar-refractivity contribution in [1.82, 2.24) is 10.2 Å². The number of hydrogen-bond donors (Lipinski definition) is 2. The van der Waals surface area contributed by atoms with E-state index in [0.717, 1.165) is 18.6 Å². The molecule has 0 radical (unpaired) electrons. The molecule has 0 aliphatic carbocycles. The molecule has 1 aliphatic heterocycles. The van der Waals surface area contributed by atoms with Gasteiger partial charge in [-0.25, -0.2) is 0 Å². The molecule has 7 heteroatoms. The average molecular weight is 384 g/mol. The Bertz CT molecular complexity index is 584. The molecule has 1 fully saturated rings. The summed E-state index contributed by atoms with van der Waals surface area (Å²) in [7, 11) is 1.66. The number of ether oxygens (including phenoxy) is 1. The predicted octanol–water partition coefficient (Wildman–Crippen LogP) is 1.92. The van der Waals surface area contributed by atoms with Crippen LogP contribution in [-0.2, 0) is 9.59 Å². The first-order valence-corrected chi connectivity index (χ1v) is 8.87. The number of carbonyl (C=O) groups is 2. The third-order valence-electron chi connectivity index (χ3n) is 4.87. The zero-order chi connectivity index (χ0) is 18.4. The minimum Gasteiger partial charge on any atom is -0.497 e. The lowest BCUT2D eigenvalue weighted by Gasteiger charge is -2.32. The van der Waals surface area contributed by atoms with Crippen LogP contribution in [0.1, 0.15) is 38.2 Å². The molecule has 1 aliphatic rings. The molecule has 0 saturated carbocycles. The van der Waals surface area contributed by atoms with Gasteiger partial charge in [-0.1, -0.05) is 26.0 Å². The SMILES string of the molecule is COc1ccc(C2CCN(C(=O)CNC(=O)[C@@H](N)C(C)C)CC2)cc1.Cl. The summed E-state index contributed by atoms with van der Waals surface area (Å²) in [6.07, 6.45) is 1.86. The summed E-state index contributed by atoms with van der Waals surface area (Å²) in [6, 6.07) is 7.55. The van der Waals surface area contributed by atoms with Gasteiger partial charge in [-0.2, -0.15) is 0 Å². The highest BCUT2D eigenvalue weighted by molar-refractivity contribution is 5.87. The standard InChI is InChI=1S/C19H29N3O3.ClH/c1-13(2)18(20)19(24)21-12-17(23)22-10-8-15(9-11-22)14-4-6-16(25-3)7-5-14;/h4-7,13,15,18H,8-12,20H2,1-3H3,(H,21,24);1H/t18-;/m0./s1. The maximum atomic E-state index is 12.3. The maximum absolute atomic E-state index is 12.3. The number of nitrogens with two attached hydrogens (primary N) is 1. The first-order valence-electron chi connectivity index (χ1n) is 8.87. The number of rotatable bonds is 6. The molecule has 2 amide bonds. The summed E-state index contributed by atoms with van der Waals surface area (Å²) in [5.41, 5.74) is 7.06. The van der Waals surface area contributed by atoms with Crippen LogP contribution in [0, 0.1) is 5.92 Å². The van der Waals surface area contributed by atoms with E-state index in [0.29, 0.717) is 19.0 Å². The Kier molecular flexibility index (Phi) is 8.88. The van der Waals surface area contributed by atoms with Crippen molar-refractivity contribution in [3.05, 3.63) is 29.8 Å².